The van der Waals surface area contributed by atoms with Crippen molar-refractivity contribution in [3.05, 3.63) is 65.7 Å². The van der Waals surface area contributed by atoms with Crippen molar-refractivity contribution in [3.63, 3.8) is 0 Å². The molecule has 0 spiro atoms. The lowest BCUT2D eigenvalue weighted by atomic mass is 10.2. The number of carbonyl (C=O) groups excluding carboxylic acids is 2. The number of aromatic nitrogens is 2. The van der Waals surface area contributed by atoms with Crippen LogP contribution in [0.15, 0.2) is 53.8 Å². The maximum Gasteiger partial charge on any atom is 0.288 e. The molecule has 0 bridgehead atoms. The van der Waals surface area contributed by atoms with Crippen molar-refractivity contribution in [2.24, 2.45) is 0 Å². The highest BCUT2D eigenvalue weighted by molar-refractivity contribution is 7.98. The van der Waals surface area contributed by atoms with Crippen molar-refractivity contribution in [2.75, 3.05) is 20.0 Å². The van der Waals surface area contributed by atoms with E-state index in [1.54, 1.807) is 16.7 Å². The van der Waals surface area contributed by atoms with Gasteiger partial charge < -0.3 is 9.47 Å². The molecule has 1 heterocycles. The minimum Gasteiger partial charge on any atom is -0.493 e. The molecule has 0 radical (unpaired) electrons. The summed E-state index contributed by atoms with van der Waals surface area (Å²) >= 11 is 1.33. The van der Waals surface area contributed by atoms with Gasteiger partial charge >= 0.3 is 0 Å². The van der Waals surface area contributed by atoms with Gasteiger partial charge in [-0.1, -0.05) is 11.8 Å². The number of hydrazine groups is 1. The molecule has 2 N–H and O–H groups in total. The maximum absolute atomic E-state index is 13.3. The monoisotopic (exact) mass is 444 g/mol. The van der Waals surface area contributed by atoms with Crippen molar-refractivity contribution in [1.82, 2.24) is 20.4 Å². The number of hydrogen-bond donors (Lipinski definition) is 2. The van der Waals surface area contributed by atoms with Gasteiger partial charge in [-0.05, 0) is 55.6 Å². The normalized spacial score (nSPS) is 10.5. The quantitative estimate of drug-likeness (QED) is 0.429. The van der Waals surface area contributed by atoms with E-state index in [9.17, 15) is 14.0 Å². The Morgan fingerprint density at radius 2 is 1.81 bits per heavy atom. The second kappa shape index (κ2) is 9.98. The van der Waals surface area contributed by atoms with Crippen molar-refractivity contribution < 1.29 is 23.5 Å². The number of amides is 2. The number of hydrogen-bond acceptors (Lipinski definition) is 6. The number of halogens is 1. The van der Waals surface area contributed by atoms with Gasteiger partial charge in [0, 0.05) is 11.3 Å². The smallest absolute Gasteiger partial charge is 0.288 e. The predicted octanol–water partition coefficient (Wildman–Crippen LogP) is 3.22. The van der Waals surface area contributed by atoms with E-state index in [2.05, 4.69) is 15.8 Å². The molecule has 8 nitrogen and oxygen atoms in total. The molecule has 1 aromatic heterocycles. The second-order valence-electron chi connectivity index (χ2n) is 6.15. The van der Waals surface area contributed by atoms with Crippen LogP contribution in [0.4, 0.5) is 4.39 Å². The first-order chi connectivity index (χ1) is 15.0. The molecule has 0 aliphatic carbocycles. The number of carbonyl (C=O) groups is 2. The van der Waals surface area contributed by atoms with Gasteiger partial charge in [0.1, 0.15) is 11.5 Å². The zero-order chi connectivity index (χ0) is 22.4. The molecule has 2 aromatic carbocycles. The molecular weight excluding hydrogens is 423 g/mol. The first-order valence-corrected chi connectivity index (χ1v) is 10.5. The summed E-state index contributed by atoms with van der Waals surface area (Å²) in [4.78, 5) is 29.4. The Kier molecular flexibility index (Phi) is 7.14. The molecule has 0 saturated heterocycles. The van der Waals surface area contributed by atoms with Gasteiger partial charge in [0.2, 0.25) is 0 Å². The zero-order valence-corrected chi connectivity index (χ0v) is 18.0. The van der Waals surface area contributed by atoms with Crippen LogP contribution in [-0.4, -0.2) is 41.3 Å². The van der Waals surface area contributed by atoms with Gasteiger partial charge in [0.25, 0.3) is 11.8 Å². The first-order valence-electron chi connectivity index (χ1n) is 9.27. The number of benzene rings is 2. The lowest BCUT2D eigenvalue weighted by molar-refractivity contribution is 0.0842. The third-order valence-electron chi connectivity index (χ3n) is 4.24. The number of nitrogens with zero attached hydrogens (tertiary/aromatic N) is 2. The summed E-state index contributed by atoms with van der Waals surface area (Å²) in [5, 5.41) is 0.541. The molecule has 3 rings (SSSR count). The van der Waals surface area contributed by atoms with E-state index in [1.165, 1.54) is 55.4 Å². The summed E-state index contributed by atoms with van der Waals surface area (Å²) in [6.45, 7) is 2.30. The SMILES string of the molecule is CCOc1ccc(C(=O)NNC(=O)c2cnc(SC)n2-c2ccc(F)cc2)cc1OC. The predicted molar refractivity (Wildman–Crippen MR) is 114 cm³/mol. The number of ether oxygens (including phenoxy) is 2. The Morgan fingerprint density at radius 3 is 2.45 bits per heavy atom. The van der Waals surface area contributed by atoms with Gasteiger partial charge in [0.15, 0.2) is 16.7 Å². The first kappa shape index (κ1) is 22.2. The minimum atomic E-state index is -0.580. The average molecular weight is 444 g/mol. The standard InChI is InChI=1S/C21H21FN4O4S/c1-4-30-17-10-5-13(11-18(17)29-2)19(27)24-25-20(28)16-12-23-21(31-3)26(16)15-8-6-14(22)7-9-15/h5-12H,4H2,1-3H3,(H,24,27)(H,25,28). The summed E-state index contributed by atoms with van der Waals surface area (Å²) in [5.74, 6) is -0.590. The molecule has 0 saturated carbocycles. The van der Waals surface area contributed by atoms with Crippen LogP contribution in [0, 0.1) is 5.82 Å². The van der Waals surface area contributed by atoms with E-state index < -0.39 is 17.6 Å². The highest BCUT2D eigenvalue weighted by atomic mass is 32.2. The Hall–Kier alpha value is -3.53. The van der Waals surface area contributed by atoms with Gasteiger partial charge in [-0.3, -0.25) is 25.0 Å². The van der Waals surface area contributed by atoms with E-state index in [0.717, 1.165) is 0 Å². The van der Waals surface area contributed by atoms with Crippen LogP contribution in [0.25, 0.3) is 5.69 Å². The van der Waals surface area contributed by atoms with Crippen LogP contribution in [0.5, 0.6) is 11.5 Å². The van der Waals surface area contributed by atoms with Crippen LogP contribution in [0.3, 0.4) is 0 Å². The maximum atomic E-state index is 13.3. The molecule has 162 valence electrons. The Balaban J connectivity index is 1.76. The molecule has 0 fully saturated rings. The summed E-state index contributed by atoms with van der Waals surface area (Å²) in [7, 11) is 1.47. The number of rotatable bonds is 7. The molecular formula is C21H21FN4O4S. The fourth-order valence-electron chi connectivity index (χ4n) is 2.81. The third kappa shape index (κ3) is 4.97. The lowest BCUT2D eigenvalue weighted by Crippen LogP contribution is -2.42. The Bertz CT molecular complexity index is 1090. The molecule has 2 amide bonds. The van der Waals surface area contributed by atoms with Crippen molar-refractivity contribution in [2.45, 2.75) is 12.1 Å². The third-order valence-corrected chi connectivity index (χ3v) is 4.90. The van der Waals surface area contributed by atoms with Crippen LogP contribution in [0.2, 0.25) is 0 Å². The van der Waals surface area contributed by atoms with Crippen molar-refractivity contribution in [3.8, 4) is 17.2 Å². The summed E-state index contributed by atoms with van der Waals surface area (Å²) in [6.07, 6.45) is 3.20. The zero-order valence-electron chi connectivity index (χ0n) is 17.1. The number of nitrogens with one attached hydrogen (secondary N) is 2. The van der Waals surface area contributed by atoms with Crippen LogP contribution < -0.4 is 20.3 Å². The summed E-state index contributed by atoms with van der Waals surface area (Å²) < 4.78 is 25.5. The van der Waals surface area contributed by atoms with Gasteiger partial charge in [-0.15, -0.1) is 0 Å². The Morgan fingerprint density at radius 1 is 1.10 bits per heavy atom. The van der Waals surface area contributed by atoms with Crippen molar-refractivity contribution >= 4 is 23.6 Å². The molecule has 0 atom stereocenters. The van der Waals surface area contributed by atoms with Gasteiger partial charge in [-0.25, -0.2) is 9.37 Å². The largest absolute Gasteiger partial charge is 0.493 e. The van der Waals surface area contributed by atoms with Crippen LogP contribution >= 0.6 is 11.8 Å². The topological polar surface area (TPSA) is 94.5 Å². The summed E-state index contributed by atoms with van der Waals surface area (Å²) in [6, 6.07) is 10.4. The van der Waals surface area contributed by atoms with E-state index in [0.29, 0.717) is 28.9 Å². The van der Waals surface area contributed by atoms with Gasteiger partial charge in [0.05, 0.1) is 19.9 Å². The molecule has 31 heavy (non-hydrogen) atoms. The molecule has 0 aliphatic rings. The van der Waals surface area contributed by atoms with E-state index >= 15 is 0 Å². The molecule has 3 aromatic rings. The fraction of sp³-hybridized carbons (Fsp3) is 0.190. The van der Waals surface area contributed by atoms with E-state index in [1.807, 2.05) is 13.2 Å². The number of methoxy groups -OCH3 is 1. The summed E-state index contributed by atoms with van der Waals surface area (Å²) in [5.41, 5.74) is 5.77. The van der Waals surface area contributed by atoms with E-state index in [-0.39, 0.29) is 11.3 Å². The second-order valence-corrected chi connectivity index (χ2v) is 6.92. The van der Waals surface area contributed by atoms with Crippen molar-refractivity contribution in [1.29, 1.82) is 0 Å². The molecule has 10 heteroatoms. The van der Waals surface area contributed by atoms with Crippen LogP contribution in [-0.2, 0) is 0 Å². The highest BCUT2D eigenvalue weighted by Crippen LogP contribution is 2.28. The average Bonchev–Trinajstić information content (AvgIpc) is 3.22. The number of imidazole rings is 1. The molecule has 0 unspecified atom stereocenters. The fourth-order valence-corrected chi connectivity index (χ4v) is 3.36. The van der Waals surface area contributed by atoms with E-state index in [4.69, 9.17) is 9.47 Å². The lowest BCUT2D eigenvalue weighted by Gasteiger charge is -2.13. The van der Waals surface area contributed by atoms with Gasteiger partial charge in [-0.2, -0.15) is 0 Å². The Labute approximate surface area is 182 Å². The van der Waals surface area contributed by atoms with Crippen LogP contribution in [0.1, 0.15) is 27.8 Å². The highest BCUT2D eigenvalue weighted by Gasteiger charge is 2.19. The number of thioether (sulfide) groups is 1. The molecule has 0 aliphatic heterocycles. The minimum absolute atomic E-state index is 0.181.